The molecule has 0 radical (unpaired) electrons. The third-order valence-corrected chi connectivity index (χ3v) is 5.47. The van der Waals surface area contributed by atoms with E-state index in [4.69, 9.17) is 32.7 Å². The number of nitro groups is 1. The van der Waals surface area contributed by atoms with Crippen LogP contribution in [-0.2, 0) is 6.61 Å². The van der Waals surface area contributed by atoms with Gasteiger partial charge in [-0.25, -0.2) is 5.43 Å². The SMILES string of the molecule is COc1cc(/C=N\NC(=O)c2ccc(Cl)cc2Cl)cc(Br)c1OCc1ccc([N+](=O)[O-])cc1. The zero-order valence-electron chi connectivity index (χ0n) is 17.1. The van der Waals surface area contributed by atoms with Gasteiger partial charge in [0.2, 0.25) is 0 Å². The lowest BCUT2D eigenvalue weighted by atomic mass is 10.2. The summed E-state index contributed by atoms with van der Waals surface area (Å²) >= 11 is 15.3. The van der Waals surface area contributed by atoms with E-state index < -0.39 is 10.8 Å². The van der Waals surface area contributed by atoms with Gasteiger partial charge in [0.15, 0.2) is 11.5 Å². The Labute approximate surface area is 207 Å². The van der Waals surface area contributed by atoms with Crippen LogP contribution in [0.15, 0.2) is 64.2 Å². The number of non-ortho nitro benzene ring substituents is 1. The molecule has 1 N–H and O–H groups in total. The van der Waals surface area contributed by atoms with Crippen molar-refractivity contribution in [1.82, 2.24) is 5.43 Å². The van der Waals surface area contributed by atoms with E-state index in [2.05, 4.69) is 26.5 Å². The minimum Gasteiger partial charge on any atom is -0.493 e. The normalized spacial score (nSPS) is 10.8. The van der Waals surface area contributed by atoms with E-state index in [-0.39, 0.29) is 22.9 Å². The van der Waals surface area contributed by atoms with Crippen molar-refractivity contribution in [3.63, 3.8) is 0 Å². The first-order valence-corrected chi connectivity index (χ1v) is 10.9. The Morgan fingerprint density at radius 1 is 1.18 bits per heavy atom. The van der Waals surface area contributed by atoms with E-state index in [0.29, 0.717) is 26.6 Å². The lowest BCUT2D eigenvalue weighted by Gasteiger charge is -2.13. The van der Waals surface area contributed by atoms with E-state index in [9.17, 15) is 14.9 Å². The van der Waals surface area contributed by atoms with Crippen LogP contribution in [0.1, 0.15) is 21.5 Å². The molecule has 0 heterocycles. The monoisotopic (exact) mass is 551 g/mol. The van der Waals surface area contributed by atoms with Gasteiger partial charge in [-0.2, -0.15) is 5.10 Å². The fourth-order valence-electron chi connectivity index (χ4n) is 2.72. The van der Waals surface area contributed by atoms with Crippen LogP contribution in [0.25, 0.3) is 0 Å². The van der Waals surface area contributed by atoms with E-state index in [1.165, 1.54) is 37.6 Å². The quantitative estimate of drug-likeness (QED) is 0.209. The molecule has 3 aromatic rings. The summed E-state index contributed by atoms with van der Waals surface area (Å²) in [6.07, 6.45) is 1.44. The van der Waals surface area contributed by atoms with Crippen molar-refractivity contribution in [1.29, 1.82) is 0 Å². The first-order valence-electron chi connectivity index (χ1n) is 9.30. The van der Waals surface area contributed by atoms with Crippen molar-refractivity contribution in [3.8, 4) is 11.5 Å². The van der Waals surface area contributed by atoms with Crippen LogP contribution < -0.4 is 14.9 Å². The molecule has 1 amide bonds. The average Bonchev–Trinajstić information content (AvgIpc) is 2.78. The molecule has 0 unspecified atom stereocenters. The van der Waals surface area contributed by atoms with Gasteiger partial charge in [0.25, 0.3) is 11.6 Å². The maximum absolute atomic E-state index is 12.2. The summed E-state index contributed by atoms with van der Waals surface area (Å²) < 4.78 is 11.8. The molecule has 0 bridgehead atoms. The van der Waals surface area contributed by atoms with Gasteiger partial charge >= 0.3 is 0 Å². The summed E-state index contributed by atoms with van der Waals surface area (Å²) in [6.45, 7) is 0.179. The van der Waals surface area contributed by atoms with Crippen LogP contribution in [-0.4, -0.2) is 24.2 Å². The fourth-order valence-corrected chi connectivity index (χ4v) is 3.79. The number of nitrogens with zero attached hydrogens (tertiary/aromatic N) is 2. The molecule has 3 rings (SSSR count). The molecule has 0 saturated heterocycles. The number of methoxy groups -OCH3 is 1. The number of carbonyl (C=O) groups is 1. The molecule has 11 heteroatoms. The Morgan fingerprint density at radius 2 is 1.91 bits per heavy atom. The number of hydrogen-bond donors (Lipinski definition) is 1. The molecule has 170 valence electrons. The Bertz CT molecular complexity index is 1220. The zero-order chi connectivity index (χ0) is 24.0. The average molecular weight is 553 g/mol. The van der Waals surface area contributed by atoms with E-state index in [1.807, 2.05) is 0 Å². The second-order valence-electron chi connectivity index (χ2n) is 6.57. The minimum absolute atomic E-state index is 0.00609. The predicted octanol–water partition coefficient (Wildman–Crippen LogP) is 6.02. The van der Waals surface area contributed by atoms with Crippen LogP contribution in [0.5, 0.6) is 11.5 Å². The summed E-state index contributed by atoms with van der Waals surface area (Å²) in [5, 5.41) is 15.4. The van der Waals surface area contributed by atoms with Crippen molar-refractivity contribution in [2.24, 2.45) is 5.10 Å². The first kappa shape index (κ1) is 24.5. The van der Waals surface area contributed by atoms with Gasteiger partial charge in [-0.05, 0) is 69.5 Å². The molecule has 3 aromatic carbocycles. The largest absolute Gasteiger partial charge is 0.493 e. The first-order chi connectivity index (χ1) is 15.8. The third-order valence-electron chi connectivity index (χ3n) is 4.34. The number of carbonyl (C=O) groups excluding carboxylic acids is 1. The minimum atomic E-state index is -0.484. The maximum Gasteiger partial charge on any atom is 0.272 e. The number of nitro benzene ring substituents is 1. The van der Waals surface area contributed by atoms with Crippen LogP contribution >= 0.6 is 39.1 Å². The highest BCUT2D eigenvalue weighted by Gasteiger charge is 2.13. The molecule has 8 nitrogen and oxygen atoms in total. The van der Waals surface area contributed by atoms with Gasteiger partial charge in [-0.3, -0.25) is 14.9 Å². The number of hydrazone groups is 1. The Morgan fingerprint density at radius 3 is 2.55 bits per heavy atom. The van der Waals surface area contributed by atoms with Gasteiger partial charge in [-0.15, -0.1) is 0 Å². The fraction of sp³-hybridized carbons (Fsp3) is 0.0909. The zero-order valence-corrected chi connectivity index (χ0v) is 20.1. The summed E-state index contributed by atoms with van der Waals surface area (Å²) in [6, 6.07) is 14.0. The maximum atomic E-state index is 12.2. The van der Waals surface area contributed by atoms with Crippen molar-refractivity contribution in [2.45, 2.75) is 6.61 Å². The van der Waals surface area contributed by atoms with Gasteiger partial charge in [0.05, 0.1) is 33.3 Å². The van der Waals surface area contributed by atoms with Crippen molar-refractivity contribution in [2.75, 3.05) is 7.11 Å². The third kappa shape index (κ3) is 6.44. The van der Waals surface area contributed by atoms with E-state index in [1.54, 1.807) is 30.3 Å². The molecule has 0 aliphatic heterocycles. The second-order valence-corrected chi connectivity index (χ2v) is 8.27. The van der Waals surface area contributed by atoms with Crippen LogP contribution in [0, 0.1) is 10.1 Å². The number of amides is 1. The van der Waals surface area contributed by atoms with E-state index >= 15 is 0 Å². The Balaban J connectivity index is 1.69. The molecule has 33 heavy (non-hydrogen) atoms. The molecular weight excluding hydrogens is 537 g/mol. The van der Waals surface area contributed by atoms with Crippen molar-refractivity contribution < 1.29 is 19.2 Å². The molecular formula is C22H16BrCl2N3O5. The Kier molecular flexibility index (Phi) is 8.26. The van der Waals surface area contributed by atoms with Crippen molar-refractivity contribution in [3.05, 3.63) is 95.9 Å². The van der Waals surface area contributed by atoms with Gasteiger partial charge in [0.1, 0.15) is 6.61 Å². The summed E-state index contributed by atoms with van der Waals surface area (Å²) in [4.78, 5) is 22.6. The lowest BCUT2D eigenvalue weighted by molar-refractivity contribution is -0.384. The molecule has 0 fully saturated rings. The molecule has 0 aliphatic rings. The summed E-state index contributed by atoms with van der Waals surface area (Å²) in [5.74, 6) is 0.395. The topological polar surface area (TPSA) is 103 Å². The summed E-state index contributed by atoms with van der Waals surface area (Å²) in [7, 11) is 1.49. The highest BCUT2D eigenvalue weighted by Crippen LogP contribution is 2.37. The highest BCUT2D eigenvalue weighted by molar-refractivity contribution is 9.10. The van der Waals surface area contributed by atoms with Crippen molar-refractivity contribution >= 4 is 56.9 Å². The van der Waals surface area contributed by atoms with Gasteiger partial charge in [0, 0.05) is 17.2 Å². The summed E-state index contributed by atoms with van der Waals surface area (Å²) in [5.41, 5.74) is 4.04. The number of hydrogen-bond acceptors (Lipinski definition) is 6. The second kappa shape index (κ2) is 11.1. The van der Waals surface area contributed by atoms with E-state index in [0.717, 1.165) is 5.56 Å². The molecule has 0 aromatic heterocycles. The molecule has 0 spiro atoms. The smallest absolute Gasteiger partial charge is 0.272 e. The number of halogens is 3. The molecule has 0 aliphatic carbocycles. The lowest BCUT2D eigenvalue weighted by Crippen LogP contribution is -2.18. The van der Waals surface area contributed by atoms with Gasteiger partial charge in [-0.1, -0.05) is 23.2 Å². The molecule has 0 atom stereocenters. The number of ether oxygens (including phenoxy) is 2. The van der Waals surface area contributed by atoms with Crippen LogP contribution in [0.4, 0.5) is 5.69 Å². The number of nitrogens with one attached hydrogen (secondary N) is 1. The van der Waals surface area contributed by atoms with Gasteiger partial charge < -0.3 is 9.47 Å². The van der Waals surface area contributed by atoms with Crippen LogP contribution in [0.3, 0.4) is 0 Å². The highest BCUT2D eigenvalue weighted by atomic mass is 79.9. The number of rotatable bonds is 8. The standard InChI is InChI=1S/C22H16BrCl2N3O5/c1-32-20-9-14(11-26-27-22(29)17-7-4-15(24)10-19(17)25)8-18(23)21(20)33-12-13-2-5-16(6-3-13)28(30)31/h2-11H,12H2,1H3,(H,27,29)/b26-11-. The number of benzene rings is 3. The molecule has 0 saturated carbocycles. The predicted molar refractivity (Wildman–Crippen MR) is 130 cm³/mol. The van der Waals surface area contributed by atoms with Crippen LogP contribution in [0.2, 0.25) is 10.0 Å². The Hall–Kier alpha value is -3.14.